The molecule has 0 spiro atoms. The molecule has 33 heavy (non-hydrogen) atoms. The van der Waals surface area contributed by atoms with Crippen LogP contribution < -0.4 is 25.4 Å². The predicted molar refractivity (Wildman–Crippen MR) is 127 cm³/mol. The van der Waals surface area contributed by atoms with E-state index >= 15 is 0 Å². The zero-order valence-electron chi connectivity index (χ0n) is 17.9. The minimum atomic E-state index is -0.764. The Morgan fingerprint density at radius 2 is 1.85 bits per heavy atom. The lowest BCUT2D eigenvalue weighted by Gasteiger charge is -2.23. The second kappa shape index (κ2) is 10.1. The van der Waals surface area contributed by atoms with Gasteiger partial charge in [0.2, 0.25) is 17.8 Å². The van der Waals surface area contributed by atoms with E-state index in [0.717, 1.165) is 5.56 Å². The number of hydrogen-bond donors (Lipinski definition) is 3. The van der Waals surface area contributed by atoms with E-state index in [4.69, 9.17) is 21.1 Å². The van der Waals surface area contributed by atoms with Crippen LogP contribution >= 0.6 is 22.9 Å². The minimum Gasteiger partial charge on any atom is -0.454 e. The van der Waals surface area contributed by atoms with Crippen molar-refractivity contribution in [3.63, 3.8) is 0 Å². The minimum absolute atomic E-state index is 0.109. The van der Waals surface area contributed by atoms with Gasteiger partial charge in [0.15, 0.2) is 11.5 Å². The Morgan fingerprint density at radius 1 is 1.09 bits per heavy atom. The fourth-order valence-electron chi connectivity index (χ4n) is 3.15. The van der Waals surface area contributed by atoms with Gasteiger partial charge in [-0.05, 0) is 48.4 Å². The second-order valence-corrected chi connectivity index (χ2v) is 8.85. The van der Waals surface area contributed by atoms with E-state index in [2.05, 4.69) is 26.1 Å². The van der Waals surface area contributed by atoms with E-state index in [-0.39, 0.29) is 18.6 Å². The molecule has 2 atom stereocenters. The number of rotatable bonds is 7. The molecule has 0 unspecified atom stereocenters. The summed E-state index contributed by atoms with van der Waals surface area (Å²) in [6.45, 7) is 4.03. The first-order valence-electron chi connectivity index (χ1n) is 10.3. The van der Waals surface area contributed by atoms with Gasteiger partial charge in [0.05, 0.1) is 0 Å². The molecule has 0 saturated carbocycles. The highest BCUT2D eigenvalue weighted by Gasteiger charge is 2.27. The number of nitrogens with one attached hydrogen (secondary N) is 3. The quantitative estimate of drug-likeness (QED) is 0.442. The summed E-state index contributed by atoms with van der Waals surface area (Å²) in [7, 11) is 0. The maximum absolute atomic E-state index is 13.0. The zero-order valence-corrected chi connectivity index (χ0v) is 19.5. The third-order valence-corrected chi connectivity index (χ3v) is 6.30. The highest BCUT2D eigenvalue weighted by atomic mass is 35.5. The molecule has 9 nitrogen and oxygen atoms in total. The number of hydrogen-bond acceptors (Lipinski definition) is 7. The molecule has 4 rings (SSSR count). The molecule has 0 aliphatic carbocycles. The number of carbonyl (C=O) groups excluding carboxylic acids is 2. The number of anilines is 2. The van der Waals surface area contributed by atoms with Gasteiger partial charge in [-0.2, -0.15) is 0 Å². The summed E-state index contributed by atoms with van der Waals surface area (Å²) in [6, 6.07) is 10.9. The normalized spacial score (nSPS) is 13.8. The number of nitrogens with zero attached hydrogens (tertiary/aromatic N) is 2. The van der Waals surface area contributed by atoms with Gasteiger partial charge in [0.1, 0.15) is 11.0 Å². The molecule has 0 radical (unpaired) electrons. The van der Waals surface area contributed by atoms with Crippen LogP contribution in [0.4, 0.5) is 15.6 Å². The molecule has 172 valence electrons. The fourth-order valence-corrected chi connectivity index (χ4v) is 4.02. The molecule has 0 saturated heterocycles. The van der Waals surface area contributed by atoms with Crippen molar-refractivity contribution in [1.82, 2.24) is 15.5 Å². The van der Waals surface area contributed by atoms with E-state index in [1.807, 2.05) is 26.0 Å². The van der Waals surface area contributed by atoms with Gasteiger partial charge in [-0.3, -0.25) is 10.1 Å². The van der Waals surface area contributed by atoms with Crippen molar-refractivity contribution < 1.29 is 19.1 Å². The van der Waals surface area contributed by atoms with Crippen LogP contribution in [0.1, 0.15) is 20.3 Å². The molecule has 0 bridgehead atoms. The summed E-state index contributed by atoms with van der Waals surface area (Å²) in [5.41, 5.74) is 1.37. The average Bonchev–Trinajstić information content (AvgIpc) is 3.47. The van der Waals surface area contributed by atoms with Crippen molar-refractivity contribution in [2.45, 2.75) is 26.3 Å². The predicted octanol–water partition coefficient (Wildman–Crippen LogP) is 4.76. The van der Waals surface area contributed by atoms with Crippen molar-refractivity contribution in [3.8, 4) is 22.1 Å². The van der Waals surface area contributed by atoms with E-state index in [9.17, 15) is 9.59 Å². The third-order valence-electron chi connectivity index (χ3n) is 5.16. The Labute approximate surface area is 199 Å². The number of benzene rings is 2. The second-order valence-electron chi connectivity index (χ2n) is 7.44. The molecule has 2 aromatic carbocycles. The number of ether oxygens (including phenoxy) is 2. The molecule has 11 heteroatoms. The van der Waals surface area contributed by atoms with Crippen LogP contribution in [-0.4, -0.2) is 35.0 Å². The van der Waals surface area contributed by atoms with Crippen LogP contribution in [0.25, 0.3) is 10.6 Å². The van der Waals surface area contributed by atoms with Crippen LogP contribution in [0.5, 0.6) is 11.5 Å². The largest absolute Gasteiger partial charge is 0.454 e. The first-order chi connectivity index (χ1) is 15.9. The van der Waals surface area contributed by atoms with Crippen LogP contribution in [0, 0.1) is 5.92 Å². The van der Waals surface area contributed by atoms with Crippen molar-refractivity contribution in [1.29, 1.82) is 0 Å². The lowest BCUT2D eigenvalue weighted by atomic mass is 9.98. The molecule has 3 amide bonds. The topological polar surface area (TPSA) is 114 Å². The third kappa shape index (κ3) is 5.52. The number of amides is 3. The van der Waals surface area contributed by atoms with Gasteiger partial charge in [-0.15, -0.1) is 10.2 Å². The summed E-state index contributed by atoms with van der Waals surface area (Å²) in [6.07, 6.45) is 0.692. The van der Waals surface area contributed by atoms with Gasteiger partial charge in [0, 0.05) is 16.3 Å². The van der Waals surface area contributed by atoms with Gasteiger partial charge < -0.3 is 20.1 Å². The van der Waals surface area contributed by atoms with Gasteiger partial charge in [-0.25, -0.2) is 4.79 Å². The van der Waals surface area contributed by atoms with Crippen LogP contribution in [-0.2, 0) is 4.79 Å². The highest BCUT2D eigenvalue weighted by molar-refractivity contribution is 7.18. The number of aromatic nitrogens is 2. The Morgan fingerprint density at radius 3 is 2.61 bits per heavy atom. The molecule has 1 aliphatic heterocycles. The lowest BCUT2D eigenvalue weighted by molar-refractivity contribution is -0.119. The number of fused-ring (bicyclic) bond motifs is 1. The molecule has 1 aliphatic rings. The zero-order chi connectivity index (χ0) is 23.4. The summed E-state index contributed by atoms with van der Waals surface area (Å²) in [5.74, 6) is 0.836. The van der Waals surface area contributed by atoms with Gasteiger partial charge >= 0.3 is 6.03 Å². The van der Waals surface area contributed by atoms with E-state index < -0.39 is 12.1 Å². The molecule has 2 heterocycles. The Balaban J connectivity index is 1.42. The average molecular weight is 488 g/mol. The lowest BCUT2D eigenvalue weighted by Crippen LogP contribution is -2.49. The van der Waals surface area contributed by atoms with Crippen molar-refractivity contribution in [2.24, 2.45) is 5.92 Å². The number of carbonyl (C=O) groups is 2. The summed E-state index contributed by atoms with van der Waals surface area (Å²) in [4.78, 5) is 25.5. The summed E-state index contributed by atoms with van der Waals surface area (Å²) >= 11 is 7.10. The fraction of sp³-hybridized carbons (Fsp3) is 0.273. The van der Waals surface area contributed by atoms with Gasteiger partial charge in [0.25, 0.3) is 0 Å². The van der Waals surface area contributed by atoms with Gasteiger partial charge in [-0.1, -0.05) is 43.2 Å². The van der Waals surface area contributed by atoms with E-state index in [1.165, 1.54) is 11.3 Å². The van der Waals surface area contributed by atoms with E-state index in [0.29, 0.717) is 38.8 Å². The van der Waals surface area contributed by atoms with E-state index in [1.54, 1.807) is 30.3 Å². The Hall–Kier alpha value is -3.37. The smallest absolute Gasteiger partial charge is 0.319 e. The highest BCUT2D eigenvalue weighted by Crippen LogP contribution is 2.37. The summed E-state index contributed by atoms with van der Waals surface area (Å²) < 4.78 is 10.7. The Kier molecular flexibility index (Phi) is 6.95. The maximum Gasteiger partial charge on any atom is 0.319 e. The van der Waals surface area contributed by atoms with Crippen LogP contribution in [0.15, 0.2) is 42.5 Å². The SMILES string of the molecule is CC[C@@H](C)[C@@H](NC(=O)Nc1ccc(Cl)cc1)C(=O)Nc1nnc(-c2ccc3c(c2)OCO3)s1. The molecule has 3 aromatic rings. The maximum atomic E-state index is 13.0. The molecule has 3 N–H and O–H groups in total. The van der Waals surface area contributed by atoms with Crippen molar-refractivity contribution >= 4 is 45.7 Å². The van der Waals surface area contributed by atoms with Crippen LogP contribution in [0.2, 0.25) is 5.02 Å². The first-order valence-corrected chi connectivity index (χ1v) is 11.5. The monoisotopic (exact) mass is 487 g/mol. The Bertz CT molecular complexity index is 1150. The molecule has 1 aromatic heterocycles. The standard InChI is InChI=1S/C22H22ClN5O4S/c1-3-12(2)18(25-21(30)24-15-7-5-14(23)6-8-15)19(29)26-22-28-27-20(33-22)13-4-9-16-17(10-13)32-11-31-16/h4-10,12,18H,3,11H2,1-2H3,(H2,24,25,30)(H,26,28,29)/t12-,18-/m1/s1. The van der Waals surface area contributed by atoms with Crippen molar-refractivity contribution in [3.05, 3.63) is 47.5 Å². The first kappa shape index (κ1) is 22.8. The molecular weight excluding hydrogens is 466 g/mol. The van der Waals surface area contributed by atoms with Crippen molar-refractivity contribution in [2.75, 3.05) is 17.4 Å². The summed E-state index contributed by atoms with van der Waals surface area (Å²) in [5, 5.41) is 18.0. The molecule has 0 fully saturated rings. The molecular formula is C22H22ClN5O4S. The number of urea groups is 1. The van der Waals surface area contributed by atoms with Crippen LogP contribution in [0.3, 0.4) is 0 Å². The number of halogens is 1.